The quantitative estimate of drug-likeness (QED) is 0.433. The lowest BCUT2D eigenvalue weighted by Gasteiger charge is -2.07. The zero-order valence-electron chi connectivity index (χ0n) is 14.0. The minimum absolute atomic E-state index is 0.154. The monoisotopic (exact) mass is 395 g/mol. The van der Waals surface area contributed by atoms with Crippen LogP contribution in [0.2, 0.25) is 5.02 Å². The Morgan fingerprint density at radius 2 is 1.59 bits per heavy atom. The van der Waals surface area contributed by atoms with Crippen LogP contribution >= 0.6 is 22.9 Å². The van der Waals surface area contributed by atoms with Crippen LogP contribution < -0.4 is 10.6 Å². The van der Waals surface area contributed by atoms with Crippen molar-refractivity contribution in [1.82, 2.24) is 4.98 Å². The molecule has 4 aromatic rings. The van der Waals surface area contributed by atoms with E-state index in [2.05, 4.69) is 15.6 Å². The number of H-pyrrole nitrogens is 1. The van der Waals surface area contributed by atoms with Crippen LogP contribution in [-0.4, -0.2) is 16.8 Å². The summed E-state index contributed by atoms with van der Waals surface area (Å²) in [5.41, 5.74) is 2.54. The van der Waals surface area contributed by atoms with Crippen molar-refractivity contribution in [3.8, 4) is 0 Å². The fraction of sp³-hybridized carbons (Fsp3) is 0. The van der Waals surface area contributed by atoms with Gasteiger partial charge in [-0.25, -0.2) is 0 Å². The van der Waals surface area contributed by atoms with Crippen LogP contribution in [0.1, 0.15) is 20.2 Å². The lowest BCUT2D eigenvalue weighted by Crippen LogP contribution is -2.13. The molecule has 0 unspecified atom stereocenters. The Morgan fingerprint density at radius 1 is 0.889 bits per heavy atom. The maximum absolute atomic E-state index is 12.4. The molecule has 27 heavy (non-hydrogen) atoms. The maximum Gasteiger partial charge on any atom is 0.272 e. The number of amides is 2. The number of aromatic amines is 1. The molecule has 4 rings (SSSR count). The first-order chi connectivity index (χ1) is 13.1. The molecule has 0 aliphatic heterocycles. The lowest BCUT2D eigenvalue weighted by atomic mass is 10.2. The standard InChI is InChI=1S/C20H14ClN3O2S/c21-13-4-3-12-10-17(24-16(12)11-13)19(25)22-14-5-7-15(8-6-14)23-20(26)18-2-1-9-27-18/h1-11,24H,(H,22,25)(H,23,26). The highest BCUT2D eigenvalue weighted by Crippen LogP contribution is 2.21. The van der Waals surface area contributed by atoms with Crippen molar-refractivity contribution in [1.29, 1.82) is 0 Å². The minimum Gasteiger partial charge on any atom is -0.350 e. The van der Waals surface area contributed by atoms with Crippen LogP contribution in [0.25, 0.3) is 10.9 Å². The van der Waals surface area contributed by atoms with E-state index in [-0.39, 0.29) is 11.8 Å². The highest BCUT2D eigenvalue weighted by Gasteiger charge is 2.11. The van der Waals surface area contributed by atoms with Crippen LogP contribution in [0.3, 0.4) is 0 Å². The molecule has 3 N–H and O–H groups in total. The van der Waals surface area contributed by atoms with E-state index in [0.29, 0.717) is 27.0 Å². The molecule has 0 spiro atoms. The van der Waals surface area contributed by atoms with Crippen molar-refractivity contribution in [3.05, 3.63) is 81.6 Å². The van der Waals surface area contributed by atoms with E-state index in [1.807, 2.05) is 17.5 Å². The molecule has 134 valence electrons. The largest absolute Gasteiger partial charge is 0.350 e. The number of aromatic nitrogens is 1. The third kappa shape index (κ3) is 3.86. The van der Waals surface area contributed by atoms with Gasteiger partial charge in [0.05, 0.1) is 4.88 Å². The molecule has 0 saturated carbocycles. The van der Waals surface area contributed by atoms with Crippen molar-refractivity contribution >= 4 is 57.0 Å². The predicted molar refractivity (Wildman–Crippen MR) is 110 cm³/mol. The maximum atomic E-state index is 12.4. The number of fused-ring (bicyclic) bond motifs is 1. The summed E-state index contributed by atoms with van der Waals surface area (Å²) in [5.74, 6) is -0.406. The average molecular weight is 396 g/mol. The Labute approximate surface area is 164 Å². The molecule has 7 heteroatoms. The Kier molecular flexibility index (Phi) is 4.66. The summed E-state index contributed by atoms with van der Waals surface area (Å²) < 4.78 is 0. The van der Waals surface area contributed by atoms with E-state index in [1.165, 1.54) is 11.3 Å². The highest BCUT2D eigenvalue weighted by molar-refractivity contribution is 7.12. The van der Waals surface area contributed by atoms with Gasteiger partial charge in [-0.05, 0) is 53.9 Å². The topological polar surface area (TPSA) is 74.0 Å². The molecule has 2 amide bonds. The number of hydrogen-bond donors (Lipinski definition) is 3. The van der Waals surface area contributed by atoms with Gasteiger partial charge in [-0.1, -0.05) is 23.7 Å². The Hall–Kier alpha value is -3.09. The van der Waals surface area contributed by atoms with E-state index in [4.69, 9.17) is 11.6 Å². The number of carbonyl (C=O) groups is 2. The van der Waals surface area contributed by atoms with E-state index >= 15 is 0 Å². The normalized spacial score (nSPS) is 10.7. The summed E-state index contributed by atoms with van der Waals surface area (Å²) in [6.07, 6.45) is 0. The summed E-state index contributed by atoms with van der Waals surface area (Å²) in [6, 6.07) is 17.7. The van der Waals surface area contributed by atoms with Gasteiger partial charge >= 0.3 is 0 Å². The van der Waals surface area contributed by atoms with Gasteiger partial charge < -0.3 is 15.6 Å². The number of anilines is 2. The number of hydrogen-bond acceptors (Lipinski definition) is 3. The summed E-state index contributed by atoms with van der Waals surface area (Å²) in [4.78, 5) is 28.2. The molecular weight excluding hydrogens is 382 g/mol. The second kappa shape index (κ2) is 7.26. The second-order valence-electron chi connectivity index (χ2n) is 5.88. The van der Waals surface area contributed by atoms with Gasteiger partial charge in [-0.3, -0.25) is 9.59 Å². The first-order valence-corrected chi connectivity index (χ1v) is 9.39. The van der Waals surface area contributed by atoms with Gasteiger partial charge in [0.15, 0.2) is 0 Å². The summed E-state index contributed by atoms with van der Waals surface area (Å²) in [5, 5.41) is 9.02. The van der Waals surface area contributed by atoms with Gasteiger partial charge in [0.1, 0.15) is 5.69 Å². The molecule has 0 radical (unpaired) electrons. The van der Waals surface area contributed by atoms with Crippen LogP contribution in [0.15, 0.2) is 66.0 Å². The molecule has 0 atom stereocenters. The van der Waals surface area contributed by atoms with Gasteiger partial charge in [0.2, 0.25) is 0 Å². The SMILES string of the molecule is O=C(Nc1ccc(NC(=O)c2cccs2)cc1)c1cc2ccc(Cl)cc2[nH]1. The zero-order chi connectivity index (χ0) is 18.8. The first kappa shape index (κ1) is 17.3. The molecule has 0 saturated heterocycles. The van der Waals surface area contributed by atoms with Crippen LogP contribution in [-0.2, 0) is 0 Å². The zero-order valence-corrected chi connectivity index (χ0v) is 15.5. The van der Waals surface area contributed by atoms with Gasteiger partial charge in [-0.15, -0.1) is 11.3 Å². The Morgan fingerprint density at radius 3 is 2.26 bits per heavy atom. The first-order valence-electron chi connectivity index (χ1n) is 8.13. The average Bonchev–Trinajstić information content (AvgIpc) is 3.32. The third-order valence-electron chi connectivity index (χ3n) is 3.97. The van der Waals surface area contributed by atoms with Gasteiger partial charge in [0, 0.05) is 27.3 Å². The van der Waals surface area contributed by atoms with Crippen molar-refractivity contribution < 1.29 is 9.59 Å². The van der Waals surface area contributed by atoms with Crippen LogP contribution in [0.5, 0.6) is 0 Å². The van der Waals surface area contributed by atoms with E-state index in [1.54, 1.807) is 48.5 Å². The number of benzene rings is 2. The molecule has 2 heterocycles. The molecule has 0 bridgehead atoms. The van der Waals surface area contributed by atoms with E-state index in [9.17, 15) is 9.59 Å². The molecule has 0 fully saturated rings. The van der Waals surface area contributed by atoms with Gasteiger partial charge in [-0.2, -0.15) is 0 Å². The number of thiophene rings is 1. The molecular formula is C20H14ClN3O2S. The molecule has 2 aromatic carbocycles. The second-order valence-corrected chi connectivity index (χ2v) is 7.26. The highest BCUT2D eigenvalue weighted by atomic mass is 35.5. The number of rotatable bonds is 4. The smallest absolute Gasteiger partial charge is 0.272 e. The number of carbonyl (C=O) groups excluding carboxylic acids is 2. The summed E-state index contributed by atoms with van der Waals surface area (Å²) in [7, 11) is 0. The minimum atomic E-state index is -0.252. The van der Waals surface area contributed by atoms with E-state index in [0.717, 1.165) is 10.9 Å². The summed E-state index contributed by atoms with van der Waals surface area (Å²) in [6.45, 7) is 0. The van der Waals surface area contributed by atoms with Gasteiger partial charge in [0.25, 0.3) is 11.8 Å². The molecule has 2 aromatic heterocycles. The Balaban J connectivity index is 1.44. The van der Waals surface area contributed by atoms with Crippen LogP contribution in [0.4, 0.5) is 11.4 Å². The van der Waals surface area contributed by atoms with Crippen molar-refractivity contribution in [2.45, 2.75) is 0 Å². The number of halogens is 1. The van der Waals surface area contributed by atoms with Crippen molar-refractivity contribution in [2.75, 3.05) is 10.6 Å². The molecule has 0 aliphatic carbocycles. The third-order valence-corrected chi connectivity index (χ3v) is 5.08. The molecule has 5 nitrogen and oxygen atoms in total. The lowest BCUT2D eigenvalue weighted by molar-refractivity contribution is 0.101. The number of nitrogens with one attached hydrogen (secondary N) is 3. The van der Waals surface area contributed by atoms with E-state index < -0.39 is 0 Å². The fourth-order valence-corrected chi connectivity index (χ4v) is 3.45. The predicted octanol–water partition coefficient (Wildman–Crippen LogP) is 5.39. The molecule has 0 aliphatic rings. The fourth-order valence-electron chi connectivity index (χ4n) is 2.66. The summed E-state index contributed by atoms with van der Waals surface area (Å²) >= 11 is 7.35. The van der Waals surface area contributed by atoms with Crippen molar-refractivity contribution in [2.24, 2.45) is 0 Å². The van der Waals surface area contributed by atoms with Crippen molar-refractivity contribution in [3.63, 3.8) is 0 Å². The van der Waals surface area contributed by atoms with Crippen LogP contribution in [0, 0.1) is 0 Å². The Bertz CT molecular complexity index is 1120.